The first kappa shape index (κ1) is 28.9. The minimum atomic E-state index is -0.200. The number of fused-ring (bicyclic) bond motifs is 1. The Morgan fingerprint density at radius 3 is 2.77 bits per heavy atom. The van der Waals surface area contributed by atoms with E-state index in [-0.39, 0.29) is 24.0 Å². The van der Waals surface area contributed by atoms with Crippen molar-refractivity contribution in [1.82, 2.24) is 25.5 Å². The van der Waals surface area contributed by atoms with Crippen molar-refractivity contribution in [3.63, 3.8) is 0 Å². The van der Waals surface area contributed by atoms with Crippen LogP contribution in [0.5, 0.6) is 5.75 Å². The lowest BCUT2D eigenvalue weighted by Gasteiger charge is -2.44. The van der Waals surface area contributed by atoms with Crippen LogP contribution in [0.15, 0.2) is 48.8 Å². The summed E-state index contributed by atoms with van der Waals surface area (Å²) >= 11 is 0. The molecule has 1 aromatic carbocycles. The van der Waals surface area contributed by atoms with E-state index in [1.54, 1.807) is 12.4 Å². The van der Waals surface area contributed by atoms with Gasteiger partial charge < -0.3 is 25.2 Å². The molecular weight excluding hydrogens is 542 g/mol. The van der Waals surface area contributed by atoms with E-state index in [1.807, 2.05) is 34.9 Å². The van der Waals surface area contributed by atoms with Crippen LogP contribution in [0.1, 0.15) is 48.3 Å². The molecule has 0 spiro atoms. The van der Waals surface area contributed by atoms with Gasteiger partial charge in [0.1, 0.15) is 11.4 Å². The molecule has 3 aliphatic rings. The first-order chi connectivity index (χ1) is 21.0. The Bertz CT molecular complexity index is 1470. The molecule has 0 saturated carbocycles. The molecular formula is C33H41N7O3. The van der Waals surface area contributed by atoms with Gasteiger partial charge >= 0.3 is 6.03 Å². The van der Waals surface area contributed by atoms with Crippen LogP contribution in [0, 0.1) is 6.92 Å². The third-order valence-corrected chi connectivity index (χ3v) is 8.77. The van der Waals surface area contributed by atoms with Crippen LogP contribution in [0.25, 0.3) is 11.3 Å². The van der Waals surface area contributed by atoms with Crippen LogP contribution in [-0.2, 0) is 6.42 Å². The highest BCUT2D eigenvalue weighted by Crippen LogP contribution is 2.37. The Hall–Kier alpha value is -4.18. The predicted molar refractivity (Wildman–Crippen MR) is 168 cm³/mol. The number of carbonyl (C=O) groups excluding carboxylic acids is 2. The molecule has 2 saturated heterocycles. The van der Waals surface area contributed by atoms with E-state index in [0.717, 1.165) is 54.9 Å². The van der Waals surface area contributed by atoms with E-state index in [4.69, 9.17) is 9.72 Å². The Morgan fingerprint density at radius 1 is 1.14 bits per heavy atom. The first-order valence-corrected chi connectivity index (χ1v) is 15.5. The minimum absolute atomic E-state index is 0.0110. The fourth-order valence-corrected chi connectivity index (χ4v) is 6.59. The van der Waals surface area contributed by atoms with E-state index in [0.29, 0.717) is 49.9 Å². The monoisotopic (exact) mass is 583 g/mol. The van der Waals surface area contributed by atoms with Crippen LogP contribution < -0.4 is 25.2 Å². The maximum Gasteiger partial charge on any atom is 0.324 e. The number of hydrogen-bond donors (Lipinski definition) is 2. The van der Waals surface area contributed by atoms with Gasteiger partial charge in [-0.1, -0.05) is 25.1 Å². The molecule has 10 nitrogen and oxygen atoms in total. The lowest BCUT2D eigenvalue weighted by Crippen LogP contribution is -2.57. The van der Waals surface area contributed by atoms with Gasteiger partial charge in [0, 0.05) is 68.8 Å². The number of pyridine rings is 2. The highest BCUT2D eigenvalue weighted by Gasteiger charge is 2.36. The molecule has 0 bridgehead atoms. The number of aryl methyl sites for hydroxylation is 1. The van der Waals surface area contributed by atoms with Crippen molar-refractivity contribution in [1.29, 1.82) is 0 Å². The fraction of sp³-hybridized carbons (Fsp3) is 0.455. The quantitative estimate of drug-likeness (QED) is 0.433. The summed E-state index contributed by atoms with van der Waals surface area (Å²) in [6.07, 6.45) is 6.02. The van der Waals surface area contributed by atoms with Crippen LogP contribution in [0.3, 0.4) is 0 Å². The molecule has 2 fully saturated rings. The summed E-state index contributed by atoms with van der Waals surface area (Å²) in [5, 5.41) is 6.52. The SMILES string of the molecule is CCOc1cc(N2CCN(C(=O)N3CCc4cccc(C)c43)C[C@H]2CC)c(C(=O)N[C@@H]2CCNC2)nc1-c1cccnc1. The molecule has 0 unspecified atom stereocenters. The molecule has 226 valence electrons. The van der Waals surface area contributed by atoms with Crippen molar-refractivity contribution < 1.29 is 14.3 Å². The topological polar surface area (TPSA) is 103 Å². The van der Waals surface area contributed by atoms with E-state index >= 15 is 0 Å². The number of rotatable bonds is 7. The molecule has 6 rings (SSSR count). The molecule has 0 aliphatic carbocycles. The standard InChI is InChI=1S/C33H41N7O3/c1-4-26-21-38(33(42)40-15-12-23-9-6-8-22(3)31(23)40)16-17-39(26)27-18-28(43-5-2)29(24-10-7-13-34-19-24)37-30(27)32(41)36-25-11-14-35-20-25/h6-10,13,18-19,25-26,35H,4-5,11-12,14-17,20-21H2,1-3H3,(H,36,41)/t25-,26-/m1/s1. The average molecular weight is 584 g/mol. The van der Waals surface area contributed by atoms with Crippen molar-refractivity contribution >= 4 is 23.3 Å². The second-order valence-electron chi connectivity index (χ2n) is 11.5. The number of ether oxygens (including phenoxy) is 1. The van der Waals surface area contributed by atoms with E-state index < -0.39 is 0 Å². The molecule has 2 atom stereocenters. The zero-order valence-electron chi connectivity index (χ0n) is 25.3. The Kier molecular flexibility index (Phi) is 8.47. The van der Waals surface area contributed by atoms with Gasteiger partial charge in [0.05, 0.1) is 18.0 Å². The summed E-state index contributed by atoms with van der Waals surface area (Å²) in [5.41, 5.74) is 5.91. The molecule has 5 heterocycles. The van der Waals surface area contributed by atoms with Gasteiger partial charge in [0.15, 0.2) is 5.69 Å². The summed E-state index contributed by atoms with van der Waals surface area (Å²) in [5.74, 6) is 0.413. The van der Waals surface area contributed by atoms with Gasteiger partial charge in [-0.15, -0.1) is 0 Å². The molecule has 3 amide bonds. The molecule has 2 aromatic heterocycles. The number of urea groups is 1. The van der Waals surface area contributed by atoms with Crippen molar-refractivity contribution in [2.24, 2.45) is 0 Å². The molecule has 3 aliphatic heterocycles. The number of nitrogens with one attached hydrogen (secondary N) is 2. The number of benzene rings is 1. The van der Waals surface area contributed by atoms with E-state index in [1.165, 1.54) is 5.56 Å². The summed E-state index contributed by atoms with van der Waals surface area (Å²) in [7, 11) is 0. The highest BCUT2D eigenvalue weighted by molar-refractivity contribution is 6.00. The number of hydrogen-bond acceptors (Lipinski definition) is 7. The number of piperazine rings is 1. The zero-order valence-corrected chi connectivity index (χ0v) is 25.3. The number of para-hydroxylation sites is 1. The Balaban J connectivity index is 1.32. The minimum Gasteiger partial charge on any atom is -0.492 e. The summed E-state index contributed by atoms with van der Waals surface area (Å²) in [6.45, 7) is 10.6. The second-order valence-corrected chi connectivity index (χ2v) is 11.5. The van der Waals surface area contributed by atoms with Crippen molar-refractivity contribution in [2.75, 3.05) is 55.7 Å². The van der Waals surface area contributed by atoms with Gasteiger partial charge in [0.2, 0.25) is 0 Å². The van der Waals surface area contributed by atoms with E-state index in [9.17, 15) is 9.59 Å². The third kappa shape index (κ3) is 5.76. The number of anilines is 2. The van der Waals surface area contributed by atoms with Crippen molar-refractivity contribution in [2.45, 2.75) is 52.1 Å². The van der Waals surface area contributed by atoms with E-state index in [2.05, 4.69) is 52.6 Å². The molecule has 10 heteroatoms. The Labute approximate surface area is 253 Å². The van der Waals surface area contributed by atoms with Crippen LogP contribution in [0.2, 0.25) is 0 Å². The van der Waals surface area contributed by atoms with Gasteiger partial charge in [-0.05, 0) is 62.9 Å². The van der Waals surface area contributed by atoms with Gasteiger partial charge in [-0.25, -0.2) is 9.78 Å². The third-order valence-electron chi connectivity index (χ3n) is 8.77. The maximum atomic E-state index is 13.9. The first-order valence-electron chi connectivity index (χ1n) is 15.5. The average Bonchev–Trinajstić information content (AvgIpc) is 3.72. The number of aromatic nitrogens is 2. The van der Waals surface area contributed by atoms with Crippen LogP contribution in [-0.4, -0.2) is 84.8 Å². The second kappa shape index (κ2) is 12.6. The van der Waals surface area contributed by atoms with Crippen LogP contribution >= 0.6 is 0 Å². The summed E-state index contributed by atoms with van der Waals surface area (Å²) in [4.78, 5) is 43.1. The molecule has 0 radical (unpaired) electrons. The van der Waals surface area contributed by atoms with Gasteiger partial charge in [-0.3, -0.25) is 14.7 Å². The smallest absolute Gasteiger partial charge is 0.324 e. The zero-order chi connectivity index (χ0) is 29.9. The lowest BCUT2D eigenvalue weighted by atomic mass is 10.0. The predicted octanol–water partition coefficient (Wildman–Crippen LogP) is 4.03. The summed E-state index contributed by atoms with van der Waals surface area (Å²) in [6, 6.07) is 12.1. The largest absolute Gasteiger partial charge is 0.492 e. The lowest BCUT2D eigenvalue weighted by molar-refractivity contribution is 0.0935. The van der Waals surface area contributed by atoms with Crippen molar-refractivity contribution in [3.05, 3.63) is 65.6 Å². The summed E-state index contributed by atoms with van der Waals surface area (Å²) < 4.78 is 6.10. The highest BCUT2D eigenvalue weighted by atomic mass is 16.5. The number of carbonyl (C=O) groups is 2. The van der Waals surface area contributed by atoms with Crippen molar-refractivity contribution in [3.8, 4) is 17.0 Å². The normalized spacial score (nSPS) is 19.8. The Morgan fingerprint density at radius 2 is 2.02 bits per heavy atom. The molecule has 43 heavy (non-hydrogen) atoms. The molecule has 2 N–H and O–H groups in total. The number of nitrogens with zero attached hydrogens (tertiary/aromatic N) is 5. The molecule has 3 aromatic rings. The van der Waals surface area contributed by atoms with Gasteiger partial charge in [0.25, 0.3) is 5.91 Å². The van der Waals surface area contributed by atoms with Gasteiger partial charge in [-0.2, -0.15) is 0 Å². The fourth-order valence-electron chi connectivity index (χ4n) is 6.59. The van der Waals surface area contributed by atoms with Crippen LogP contribution in [0.4, 0.5) is 16.2 Å². The number of amides is 3. The maximum absolute atomic E-state index is 13.9.